The number of rotatable bonds is 9. The number of hydrogen-bond donors (Lipinski definition) is 3. The highest BCUT2D eigenvalue weighted by molar-refractivity contribution is 5.94. The summed E-state index contributed by atoms with van der Waals surface area (Å²) in [5, 5.41) is 19.1. The molecule has 3 unspecified atom stereocenters. The van der Waals surface area contributed by atoms with Crippen LogP contribution in [0.25, 0.3) is 0 Å². The Morgan fingerprint density at radius 2 is 1.91 bits per heavy atom. The van der Waals surface area contributed by atoms with Crippen LogP contribution in [0.15, 0.2) is 66.6 Å². The zero-order valence-electron chi connectivity index (χ0n) is 27.9. The summed E-state index contributed by atoms with van der Waals surface area (Å²) in [5.41, 5.74) is 1.66. The van der Waals surface area contributed by atoms with Gasteiger partial charge in [-0.1, -0.05) is 43.0 Å². The standard InChI is InChI=1S/C35H44N6O6/c1-8-26-29(38-32(45)35(26)18-23-16-24(31(43)44)20-36-28(23)19-35)40(7)39(6)14-15-41-21(2)25(22-12-10-9-11-13-22)17-27(30(41)42)37-33(46)47-34(3,4)5/h8-13,16,20-21,25,27H,1,14-15,17-19H2,2-7H3,(H,37,46)(H,38,45)(H,43,44)/t21?,25?,27?,35-/m0/s1. The van der Waals surface area contributed by atoms with Crippen molar-refractivity contribution in [1.29, 1.82) is 0 Å². The number of allylic oxidation sites excluding steroid dienone is 1. The Hall–Kier alpha value is -4.71. The first-order chi connectivity index (χ1) is 22.1. The van der Waals surface area contributed by atoms with E-state index in [1.807, 2.05) is 66.3 Å². The number of carbonyl (C=O) groups is 4. The predicted molar refractivity (Wildman–Crippen MR) is 175 cm³/mol. The van der Waals surface area contributed by atoms with E-state index in [0.29, 0.717) is 49.4 Å². The quantitative estimate of drug-likeness (QED) is 0.350. The number of hydrazine groups is 1. The average Bonchev–Trinajstić information content (AvgIpc) is 3.53. The molecule has 3 heterocycles. The van der Waals surface area contributed by atoms with Gasteiger partial charge in [0.2, 0.25) is 11.8 Å². The van der Waals surface area contributed by atoms with Crippen molar-refractivity contribution >= 4 is 23.9 Å². The number of likely N-dealkylation sites (N-methyl/N-ethyl adjacent to an activating group) is 1. The number of likely N-dealkylation sites (tertiary alicyclic amines) is 1. The molecule has 1 aromatic carbocycles. The van der Waals surface area contributed by atoms with E-state index in [1.165, 1.54) is 6.20 Å². The Labute approximate surface area is 275 Å². The van der Waals surface area contributed by atoms with Crippen molar-refractivity contribution in [3.63, 3.8) is 0 Å². The van der Waals surface area contributed by atoms with Crippen LogP contribution in [-0.4, -0.2) is 93.8 Å². The number of fused-ring (bicyclic) bond motifs is 1. The number of pyridine rings is 1. The molecule has 0 bridgehead atoms. The van der Waals surface area contributed by atoms with Gasteiger partial charge < -0.3 is 25.4 Å². The van der Waals surface area contributed by atoms with Crippen molar-refractivity contribution in [1.82, 2.24) is 30.5 Å². The first-order valence-electron chi connectivity index (χ1n) is 15.8. The molecule has 3 N–H and O–H groups in total. The summed E-state index contributed by atoms with van der Waals surface area (Å²) >= 11 is 0. The maximum absolute atomic E-state index is 13.8. The number of aromatic nitrogens is 1. The lowest BCUT2D eigenvalue weighted by Crippen LogP contribution is -2.59. The molecule has 3 amide bonds. The fourth-order valence-electron chi connectivity index (χ4n) is 6.93. The summed E-state index contributed by atoms with van der Waals surface area (Å²) < 4.78 is 5.47. The van der Waals surface area contributed by atoms with Crippen molar-refractivity contribution < 1.29 is 29.0 Å². The van der Waals surface area contributed by atoms with Gasteiger partial charge >= 0.3 is 12.1 Å². The molecule has 3 aliphatic rings. The van der Waals surface area contributed by atoms with Crippen LogP contribution < -0.4 is 10.6 Å². The van der Waals surface area contributed by atoms with Crippen LogP contribution in [0.2, 0.25) is 0 Å². The fraction of sp³-hybridized carbons (Fsp3) is 0.457. The molecule has 12 nitrogen and oxygen atoms in total. The highest BCUT2D eigenvalue weighted by Crippen LogP contribution is 2.47. The van der Waals surface area contributed by atoms with Gasteiger partial charge in [0.05, 0.1) is 11.0 Å². The lowest BCUT2D eigenvalue weighted by atomic mass is 9.78. The Morgan fingerprint density at radius 1 is 1.21 bits per heavy atom. The van der Waals surface area contributed by atoms with E-state index in [4.69, 9.17) is 4.74 Å². The molecule has 2 aliphatic heterocycles. The van der Waals surface area contributed by atoms with Gasteiger partial charge in [0.25, 0.3) is 0 Å². The minimum absolute atomic E-state index is 0.0137. The monoisotopic (exact) mass is 644 g/mol. The topological polar surface area (TPSA) is 144 Å². The number of carboxylic acids is 1. The molecular formula is C35H44N6O6. The van der Waals surface area contributed by atoms with E-state index in [1.54, 1.807) is 32.9 Å². The van der Waals surface area contributed by atoms with E-state index in [2.05, 4.69) is 22.2 Å². The van der Waals surface area contributed by atoms with Crippen molar-refractivity contribution in [2.75, 3.05) is 27.2 Å². The van der Waals surface area contributed by atoms with Gasteiger partial charge in [-0.15, -0.1) is 0 Å². The number of benzene rings is 1. The molecule has 0 radical (unpaired) electrons. The van der Waals surface area contributed by atoms with Crippen molar-refractivity contribution in [3.8, 4) is 0 Å². The number of piperidine rings is 1. The van der Waals surface area contributed by atoms with Gasteiger partial charge in [-0.05, 0) is 57.7 Å². The first-order valence-corrected chi connectivity index (χ1v) is 15.8. The van der Waals surface area contributed by atoms with E-state index in [9.17, 15) is 24.3 Å². The van der Waals surface area contributed by atoms with Crippen molar-refractivity contribution in [2.24, 2.45) is 5.41 Å². The molecule has 1 saturated heterocycles. The molecule has 2 aromatic rings. The average molecular weight is 645 g/mol. The lowest BCUT2D eigenvalue weighted by Gasteiger charge is -2.44. The fourth-order valence-corrected chi connectivity index (χ4v) is 6.93. The van der Waals surface area contributed by atoms with Gasteiger partial charge in [0, 0.05) is 63.0 Å². The third-order valence-corrected chi connectivity index (χ3v) is 9.47. The third-order valence-electron chi connectivity index (χ3n) is 9.47. The summed E-state index contributed by atoms with van der Waals surface area (Å²) in [5.74, 6) is -0.882. The molecule has 0 saturated carbocycles. The van der Waals surface area contributed by atoms with Crippen LogP contribution in [0.4, 0.5) is 4.79 Å². The number of amides is 3. The Morgan fingerprint density at radius 3 is 2.55 bits per heavy atom. The van der Waals surface area contributed by atoms with E-state index < -0.39 is 29.1 Å². The zero-order valence-corrected chi connectivity index (χ0v) is 27.9. The van der Waals surface area contributed by atoms with Crippen LogP contribution in [0.1, 0.15) is 67.2 Å². The SMILES string of the molecule is C=CC1=C(N(C)N(C)CCN2C(=O)C(NC(=O)OC(C)(C)C)CC(c3ccccc3)C2C)NC(=O)[C@]12Cc1cc(C(=O)O)cnc1C2. The molecule has 250 valence electrons. The highest BCUT2D eigenvalue weighted by atomic mass is 16.6. The molecule has 1 aromatic heterocycles. The van der Waals surface area contributed by atoms with Gasteiger partial charge in [-0.2, -0.15) is 0 Å². The predicted octanol–water partition coefficient (Wildman–Crippen LogP) is 3.47. The van der Waals surface area contributed by atoms with Crippen LogP contribution >= 0.6 is 0 Å². The normalized spacial score (nSPS) is 24.0. The number of nitrogens with one attached hydrogen (secondary N) is 2. The molecule has 5 rings (SSSR count). The molecule has 47 heavy (non-hydrogen) atoms. The van der Waals surface area contributed by atoms with Crippen LogP contribution in [0, 0.1) is 5.41 Å². The summed E-state index contributed by atoms with van der Waals surface area (Å²) in [7, 11) is 3.71. The van der Waals surface area contributed by atoms with Crippen LogP contribution in [0.5, 0.6) is 0 Å². The third kappa shape index (κ3) is 6.60. The number of alkyl carbamates (subject to hydrolysis) is 1. The lowest BCUT2D eigenvalue weighted by molar-refractivity contribution is -0.140. The highest BCUT2D eigenvalue weighted by Gasteiger charge is 2.53. The molecule has 1 fully saturated rings. The Bertz CT molecular complexity index is 1620. The number of hydrogen-bond acceptors (Lipinski definition) is 8. The second kappa shape index (κ2) is 12.8. The second-order valence-corrected chi connectivity index (χ2v) is 13.6. The molecular weight excluding hydrogens is 600 g/mol. The second-order valence-electron chi connectivity index (χ2n) is 13.6. The number of aromatic carboxylic acids is 1. The van der Waals surface area contributed by atoms with Crippen molar-refractivity contribution in [3.05, 3.63) is 89.0 Å². The molecule has 1 spiro atoms. The zero-order chi connectivity index (χ0) is 34.3. The van der Waals surface area contributed by atoms with Gasteiger partial charge in [-0.25, -0.2) is 14.6 Å². The number of carbonyl (C=O) groups excluding carboxylic acids is 3. The number of nitrogens with zero attached hydrogens (tertiary/aromatic N) is 4. The maximum atomic E-state index is 13.8. The van der Waals surface area contributed by atoms with Crippen molar-refractivity contribution in [2.45, 2.75) is 70.6 Å². The van der Waals surface area contributed by atoms with Gasteiger partial charge in [0.15, 0.2) is 0 Å². The van der Waals surface area contributed by atoms with Gasteiger partial charge in [0.1, 0.15) is 17.5 Å². The van der Waals surface area contributed by atoms with E-state index in [-0.39, 0.29) is 29.3 Å². The molecule has 12 heteroatoms. The van der Waals surface area contributed by atoms with E-state index >= 15 is 0 Å². The van der Waals surface area contributed by atoms with Crippen LogP contribution in [0.3, 0.4) is 0 Å². The summed E-state index contributed by atoms with van der Waals surface area (Å²) in [6, 6.07) is 10.7. The minimum atomic E-state index is -1.07. The molecule has 4 atom stereocenters. The Balaban J connectivity index is 1.34. The minimum Gasteiger partial charge on any atom is -0.478 e. The van der Waals surface area contributed by atoms with E-state index in [0.717, 1.165) is 11.1 Å². The first kappa shape index (κ1) is 33.6. The van der Waals surface area contributed by atoms with Gasteiger partial charge in [-0.3, -0.25) is 19.6 Å². The summed E-state index contributed by atoms with van der Waals surface area (Å²) in [4.78, 5) is 57.8. The largest absolute Gasteiger partial charge is 0.478 e. The summed E-state index contributed by atoms with van der Waals surface area (Å²) in [6.45, 7) is 12.2. The molecule has 1 aliphatic carbocycles. The number of ether oxygens (including phenoxy) is 1. The maximum Gasteiger partial charge on any atom is 0.408 e. The summed E-state index contributed by atoms with van der Waals surface area (Å²) in [6.07, 6.45) is 3.47. The smallest absolute Gasteiger partial charge is 0.408 e. The van der Waals surface area contributed by atoms with Crippen LogP contribution in [-0.2, 0) is 27.2 Å². The number of carboxylic acid groups (broad SMARTS) is 1. The Kier molecular flexibility index (Phi) is 9.18.